The highest BCUT2D eigenvalue weighted by molar-refractivity contribution is 6.04. The van der Waals surface area contributed by atoms with E-state index in [9.17, 15) is 22.4 Å². The molecule has 3 aromatic carbocycles. The lowest BCUT2D eigenvalue weighted by Crippen LogP contribution is -2.55. The molecule has 1 amide bonds. The standard InChI is InChI=1S/C27H23F4N3O2/c1-17-16-33(12-13-34(17)25(35)14-18-6-9-20(28)10-7-18)26-21-4-2-3-5-23(21)36-24-15-19(27(29,30)31)8-11-22(24)32-26/h2-11,15,17H,12-14,16H2,1H3. The molecule has 2 heterocycles. The predicted octanol–water partition coefficient (Wildman–Crippen LogP) is 5.80. The van der Waals surface area contributed by atoms with Crippen molar-refractivity contribution in [1.29, 1.82) is 0 Å². The normalized spacial score (nSPS) is 17.5. The second kappa shape index (κ2) is 9.29. The van der Waals surface area contributed by atoms with Gasteiger partial charge in [0.15, 0.2) is 5.75 Å². The second-order valence-electron chi connectivity index (χ2n) is 8.90. The van der Waals surface area contributed by atoms with Crippen molar-refractivity contribution in [2.24, 2.45) is 4.99 Å². The van der Waals surface area contributed by atoms with Crippen molar-refractivity contribution in [3.8, 4) is 11.5 Å². The SMILES string of the molecule is CC1CN(C2=Nc3ccc(C(F)(F)F)cc3Oc3ccccc32)CCN1C(=O)Cc1ccc(F)cc1. The van der Waals surface area contributed by atoms with Crippen LogP contribution in [0.4, 0.5) is 23.2 Å². The van der Waals surface area contributed by atoms with Gasteiger partial charge in [-0.3, -0.25) is 4.79 Å². The molecule has 9 heteroatoms. The maximum absolute atomic E-state index is 13.3. The highest BCUT2D eigenvalue weighted by Crippen LogP contribution is 2.42. The summed E-state index contributed by atoms with van der Waals surface area (Å²) in [6, 6.07) is 16.1. The van der Waals surface area contributed by atoms with Crippen LogP contribution in [0.2, 0.25) is 0 Å². The first kappa shape index (κ1) is 23.8. The molecule has 2 aliphatic rings. The zero-order valence-corrected chi connectivity index (χ0v) is 19.4. The van der Waals surface area contributed by atoms with Crippen molar-refractivity contribution in [3.05, 3.63) is 89.2 Å². The van der Waals surface area contributed by atoms with Crippen molar-refractivity contribution < 1.29 is 27.1 Å². The topological polar surface area (TPSA) is 45.1 Å². The number of ether oxygens (including phenoxy) is 1. The number of hydrogen-bond donors (Lipinski definition) is 0. The third-order valence-electron chi connectivity index (χ3n) is 6.38. The summed E-state index contributed by atoms with van der Waals surface area (Å²) in [6.45, 7) is 3.36. The Kier molecular flexibility index (Phi) is 6.15. The van der Waals surface area contributed by atoms with Gasteiger partial charge in [0.2, 0.25) is 5.91 Å². The molecule has 0 radical (unpaired) electrons. The molecule has 0 aromatic heterocycles. The highest BCUT2D eigenvalue weighted by Gasteiger charge is 2.34. The Morgan fingerprint density at radius 3 is 2.50 bits per heavy atom. The van der Waals surface area contributed by atoms with Gasteiger partial charge < -0.3 is 14.5 Å². The molecule has 5 rings (SSSR count). The number of hydrogen-bond acceptors (Lipinski definition) is 4. The molecule has 1 fully saturated rings. The summed E-state index contributed by atoms with van der Waals surface area (Å²) >= 11 is 0. The number of fused-ring (bicyclic) bond motifs is 2. The van der Waals surface area contributed by atoms with E-state index < -0.39 is 11.7 Å². The summed E-state index contributed by atoms with van der Waals surface area (Å²) in [7, 11) is 0. The molecule has 0 N–H and O–H groups in total. The molecule has 1 saturated heterocycles. The number of amidine groups is 1. The molecule has 36 heavy (non-hydrogen) atoms. The average molecular weight is 497 g/mol. The monoisotopic (exact) mass is 497 g/mol. The molecular formula is C27H23F4N3O2. The molecule has 3 aromatic rings. The van der Waals surface area contributed by atoms with E-state index in [-0.39, 0.29) is 29.9 Å². The lowest BCUT2D eigenvalue weighted by Gasteiger charge is -2.41. The van der Waals surface area contributed by atoms with Gasteiger partial charge in [0.05, 0.1) is 17.5 Å². The number of aliphatic imine (C=N–C) groups is 1. The lowest BCUT2D eigenvalue weighted by atomic mass is 10.1. The first-order valence-corrected chi connectivity index (χ1v) is 11.5. The van der Waals surface area contributed by atoms with Gasteiger partial charge in [-0.05, 0) is 55.0 Å². The van der Waals surface area contributed by atoms with Crippen molar-refractivity contribution >= 4 is 17.4 Å². The molecule has 0 bridgehead atoms. The Morgan fingerprint density at radius 2 is 1.78 bits per heavy atom. The van der Waals surface area contributed by atoms with E-state index >= 15 is 0 Å². The summed E-state index contributed by atoms with van der Waals surface area (Å²) in [6.07, 6.45) is -4.32. The van der Waals surface area contributed by atoms with E-state index in [1.165, 1.54) is 18.2 Å². The fourth-order valence-corrected chi connectivity index (χ4v) is 4.54. The average Bonchev–Trinajstić information content (AvgIpc) is 3.01. The van der Waals surface area contributed by atoms with Crippen LogP contribution in [0.3, 0.4) is 0 Å². The number of nitrogens with zero attached hydrogens (tertiary/aromatic N) is 3. The van der Waals surface area contributed by atoms with E-state index in [4.69, 9.17) is 9.73 Å². The summed E-state index contributed by atoms with van der Waals surface area (Å²) in [5, 5.41) is 0. The van der Waals surface area contributed by atoms with Crippen molar-refractivity contribution in [3.63, 3.8) is 0 Å². The van der Waals surface area contributed by atoms with Crippen LogP contribution in [0.1, 0.15) is 23.6 Å². The van der Waals surface area contributed by atoms with E-state index in [1.54, 1.807) is 29.2 Å². The molecule has 0 aliphatic carbocycles. The Bertz CT molecular complexity index is 1320. The molecule has 1 atom stereocenters. The van der Waals surface area contributed by atoms with E-state index in [1.807, 2.05) is 24.0 Å². The first-order chi connectivity index (χ1) is 17.2. The van der Waals surface area contributed by atoms with Gasteiger partial charge in [0, 0.05) is 25.7 Å². The van der Waals surface area contributed by atoms with Crippen LogP contribution >= 0.6 is 0 Å². The number of halogens is 4. The Balaban J connectivity index is 1.40. The number of rotatable bonds is 2. The van der Waals surface area contributed by atoms with Gasteiger partial charge in [-0.25, -0.2) is 9.38 Å². The predicted molar refractivity (Wildman–Crippen MR) is 127 cm³/mol. The zero-order chi connectivity index (χ0) is 25.4. The number of amides is 1. The van der Waals surface area contributed by atoms with Crippen molar-refractivity contribution in [1.82, 2.24) is 9.80 Å². The summed E-state index contributed by atoms with van der Waals surface area (Å²) in [5.41, 5.74) is 0.904. The molecular weight excluding hydrogens is 474 g/mol. The fourth-order valence-electron chi connectivity index (χ4n) is 4.54. The molecule has 0 saturated carbocycles. The maximum Gasteiger partial charge on any atom is 0.416 e. The van der Waals surface area contributed by atoms with Crippen LogP contribution in [0.5, 0.6) is 11.5 Å². The molecule has 1 unspecified atom stereocenters. The van der Waals surface area contributed by atoms with E-state index in [0.717, 1.165) is 17.7 Å². The summed E-state index contributed by atoms with van der Waals surface area (Å²) < 4.78 is 58.9. The highest BCUT2D eigenvalue weighted by atomic mass is 19.4. The van der Waals surface area contributed by atoms with E-state index in [0.29, 0.717) is 42.5 Å². The molecule has 186 valence electrons. The third kappa shape index (κ3) is 4.78. The quantitative estimate of drug-likeness (QED) is 0.420. The van der Waals surface area contributed by atoms with Crippen LogP contribution in [0.25, 0.3) is 0 Å². The molecule has 2 aliphatic heterocycles. The van der Waals surface area contributed by atoms with Crippen LogP contribution < -0.4 is 4.74 Å². The van der Waals surface area contributed by atoms with Crippen LogP contribution in [0.15, 0.2) is 71.7 Å². The summed E-state index contributed by atoms with van der Waals surface area (Å²) in [5.74, 6) is 0.634. The van der Waals surface area contributed by atoms with Crippen LogP contribution in [0, 0.1) is 5.82 Å². The first-order valence-electron chi connectivity index (χ1n) is 11.5. The number of carbonyl (C=O) groups is 1. The Morgan fingerprint density at radius 1 is 1.03 bits per heavy atom. The zero-order valence-electron chi connectivity index (χ0n) is 19.4. The van der Waals surface area contributed by atoms with Crippen LogP contribution in [-0.4, -0.2) is 47.2 Å². The molecule has 5 nitrogen and oxygen atoms in total. The lowest BCUT2D eigenvalue weighted by molar-refractivity contribution is -0.137. The van der Waals surface area contributed by atoms with Gasteiger partial charge >= 0.3 is 6.18 Å². The van der Waals surface area contributed by atoms with Crippen LogP contribution in [-0.2, 0) is 17.4 Å². The minimum atomic E-state index is -4.50. The second-order valence-corrected chi connectivity index (χ2v) is 8.90. The number of benzene rings is 3. The maximum atomic E-state index is 13.3. The minimum Gasteiger partial charge on any atom is -0.454 e. The van der Waals surface area contributed by atoms with Gasteiger partial charge in [0.1, 0.15) is 23.1 Å². The largest absolute Gasteiger partial charge is 0.454 e. The minimum absolute atomic E-state index is 0.0356. The number of alkyl halides is 3. The number of carbonyl (C=O) groups excluding carboxylic acids is 1. The fraction of sp³-hybridized carbons (Fsp3) is 0.259. The number of piperazine rings is 1. The smallest absolute Gasteiger partial charge is 0.416 e. The number of para-hydroxylation sites is 1. The third-order valence-corrected chi connectivity index (χ3v) is 6.38. The molecule has 0 spiro atoms. The van der Waals surface area contributed by atoms with Gasteiger partial charge in [0.25, 0.3) is 0 Å². The van der Waals surface area contributed by atoms with Gasteiger partial charge in [-0.15, -0.1) is 0 Å². The Hall–Kier alpha value is -3.88. The summed E-state index contributed by atoms with van der Waals surface area (Å²) in [4.78, 5) is 21.5. The van der Waals surface area contributed by atoms with Gasteiger partial charge in [-0.1, -0.05) is 24.3 Å². The van der Waals surface area contributed by atoms with Crippen molar-refractivity contribution in [2.45, 2.75) is 25.6 Å². The van der Waals surface area contributed by atoms with E-state index in [2.05, 4.69) is 0 Å². The van der Waals surface area contributed by atoms with Crippen molar-refractivity contribution in [2.75, 3.05) is 19.6 Å². The Labute approximate surface area is 205 Å². The van der Waals surface area contributed by atoms with Gasteiger partial charge in [-0.2, -0.15) is 13.2 Å².